The van der Waals surface area contributed by atoms with Crippen molar-refractivity contribution in [1.29, 1.82) is 0 Å². The number of aromatic nitrogens is 3. The number of H-pyrrole nitrogens is 1. The topological polar surface area (TPSA) is 115 Å². The summed E-state index contributed by atoms with van der Waals surface area (Å²) in [6, 6.07) is 7.39. The number of aromatic amines is 1. The van der Waals surface area contributed by atoms with Crippen molar-refractivity contribution in [2.24, 2.45) is 10.2 Å². The molecule has 0 amide bonds. The lowest BCUT2D eigenvalue weighted by Crippen LogP contribution is -2.47. The van der Waals surface area contributed by atoms with Crippen LogP contribution in [0.15, 0.2) is 43.7 Å². The average Bonchev–Trinajstić information content (AvgIpc) is 2.60. The number of benzene rings is 1. The third-order valence-electron chi connectivity index (χ3n) is 2.87. The molecule has 2 aromatic rings. The van der Waals surface area contributed by atoms with Crippen molar-refractivity contribution in [3.8, 4) is 0 Å². The van der Waals surface area contributed by atoms with Crippen molar-refractivity contribution >= 4 is 27.5 Å². The van der Waals surface area contributed by atoms with Gasteiger partial charge in [-0.3, -0.25) is 0 Å². The third-order valence-corrected chi connectivity index (χ3v) is 3.40. The molecule has 0 saturated carbocycles. The fourth-order valence-electron chi connectivity index (χ4n) is 1.90. The molecule has 0 aliphatic carbocycles. The number of hydrogen-bond acceptors (Lipinski definition) is 5. The van der Waals surface area contributed by atoms with Crippen molar-refractivity contribution < 1.29 is 9.79 Å². The molecule has 20 heavy (non-hydrogen) atoms. The Hall–Kier alpha value is -2.42. The first-order valence-corrected chi connectivity index (χ1v) is 6.43. The van der Waals surface area contributed by atoms with Gasteiger partial charge in [-0.25, -0.2) is 10.6 Å². The van der Waals surface area contributed by atoms with Crippen LogP contribution >= 0.6 is 15.9 Å². The number of nitrogens with one attached hydrogen (secondary N) is 1. The summed E-state index contributed by atoms with van der Waals surface area (Å²) in [5, 5.41) is 21.8. The Morgan fingerprint density at radius 2 is 2.05 bits per heavy atom. The molecule has 1 aliphatic heterocycles. The van der Waals surface area contributed by atoms with Crippen molar-refractivity contribution in [2.75, 3.05) is 5.84 Å². The molecule has 0 bridgehead atoms. The van der Waals surface area contributed by atoms with Crippen LogP contribution in [-0.4, -0.2) is 21.6 Å². The second-order valence-corrected chi connectivity index (χ2v) is 5.08. The Balaban J connectivity index is 2.09. The lowest BCUT2D eigenvalue weighted by atomic mass is 10.1. The summed E-state index contributed by atoms with van der Waals surface area (Å²) in [7, 11) is 0. The molecule has 0 saturated heterocycles. The van der Waals surface area contributed by atoms with E-state index in [4.69, 9.17) is 5.84 Å². The van der Waals surface area contributed by atoms with Crippen LogP contribution in [-0.2, 0) is 6.54 Å². The zero-order valence-corrected chi connectivity index (χ0v) is 11.7. The monoisotopic (exact) mass is 336 g/mol. The largest absolute Gasteiger partial charge is 0.854 e. The van der Waals surface area contributed by atoms with Gasteiger partial charge in [-0.15, -0.1) is 4.68 Å². The predicted octanol–water partition coefficient (Wildman–Crippen LogP) is -1.53. The van der Waals surface area contributed by atoms with Gasteiger partial charge in [-0.05, 0) is 16.9 Å². The van der Waals surface area contributed by atoms with Gasteiger partial charge >= 0.3 is 5.56 Å². The van der Waals surface area contributed by atoms with Crippen LogP contribution in [0.5, 0.6) is 0 Å². The predicted molar refractivity (Wildman–Crippen MR) is 72.6 cm³/mol. The van der Waals surface area contributed by atoms with E-state index >= 15 is 0 Å². The molecule has 3 rings (SSSR count). The molecule has 1 aromatic heterocycles. The summed E-state index contributed by atoms with van der Waals surface area (Å²) in [4.78, 5) is 12.5. The molecule has 9 heteroatoms. The van der Waals surface area contributed by atoms with Crippen LogP contribution in [0.2, 0.25) is 0 Å². The zero-order chi connectivity index (χ0) is 14.3. The normalized spacial score (nSPS) is 14.2. The molecule has 0 radical (unpaired) electrons. The van der Waals surface area contributed by atoms with E-state index in [-0.39, 0.29) is 12.2 Å². The number of rotatable bonds is 1. The molecular weight excluding hydrogens is 328 g/mol. The molecule has 1 aliphatic rings. The molecule has 0 atom stereocenters. The van der Waals surface area contributed by atoms with Gasteiger partial charge in [0.1, 0.15) is 5.71 Å². The van der Waals surface area contributed by atoms with E-state index in [9.17, 15) is 9.90 Å². The Kier molecular flexibility index (Phi) is 2.90. The quantitative estimate of drug-likeness (QED) is 0.486. The Morgan fingerprint density at radius 1 is 1.35 bits per heavy atom. The van der Waals surface area contributed by atoms with Gasteiger partial charge in [-0.2, -0.15) is 10.2 Å². The maximum absolute atomic E-state index is 11.8. The fraction of sp³-hybridized carbons (Fsp3) is 0.0909. The number of hydrogen-bond donors (Lipinski definition) is 2. The van der Waals surface area contributed by atoms with Gasteiger partial charge in [0.05, 0.1) is 5.90 Å². The summed E-state index contributed by atoms with van der Waals surface area (Å²) in [5.41, 5.74) is 0.585. The lowest BCUT2D eigenvalue weighted by Gasteiger charge is -2.02. The SMILES string of the molecule is Nn1[nH][n+]2c(c1=O)C([O-])=NN=C(c1ccc(Br)cc1)C2. The second-order valence-electron chi connectivity index (χ2n) is 4.17. The fourth-order valence-corrected chi connectivity index (χ4v) is 2.17. The number of halogens is 1. The number of nitrogens with two attached hydrogens (primary N) is 1. The van der Waals surface area contributed by atoms with E-state index < -0.39 is 11.5 Å². The smallest absolute Gasteiger partial charge is 0.425 e. The molecular formula is C11H9BrN6O2. The number of fused-ring (bicyclic) bond motifs is 1. The van der Waals surface area contributed by atoms with E-state index in [2.05, 4.69) is 31.3 Å². The van der Waals surface area contributed by atoms with Crippen molar-refractivity contribution in [2.45, 2.75) is 6.54 Å². The van der Waals surface area contributed by atoms with Crippen LogP contribution < -0.4 is 21.2 Å². The van der Waals surface area contributed by atoms with Gasteiger partial charge in [0, 0.05) is 10.0 Å². The van der Waals surface area contributed by atoms with Crippen molar-refractivity contribution in [3.63, 3.8) is 0 Å². The van der Waals surface area contributed by atoms with E-state index in [0.29, 0.717) is 5.71 Å². The van der Waals surface area contributed by atoms with Gasteiger partial charge in [0.2, 0.25) is 0 Å². The van der Waals surface area contributed by atoms with Crippen LogP contribution in [0.3, 0.4) is 0 Å². The molecule has 8 nitrogen and oxygen atoms in total. The van der Waals surface area contributed by atoms with Gasteiger partial charge in [0.25, 0.3) is 5.69 Å². The highest BCUT2D eigenvalue weighted by Crippen LogP contribution is 2.12. The summed E-state index contributed by atoms with van der Waals surface area (Å²) >= 11 is 3.34. The molecule has 0 unspecified atom stereocenters. The standard InChI is InChI=1S/C11H9BrN6O2/c12-7-3-1-6(2-4-7)8-5-17-9(10(19)15-14-8)11(20)18(13)16-17/h1-4H,5H2,(H3-,13,15,16,19,20). The van der Waals surface area contributed by atoms with Crippen LogP contribution in [0.1, 0.15) is 11.3 Å². The van der Waals surface area contributed by atoms with Crippen molar-refractivity contribution in [1.82, 2.24) is 10.0 Å². The molecule has 2 heterocycles. The maximum atomic E-state index is 11.8. The lowest BCUT2D eigenvalue weighted by molar-refractivity contribution is -0.743. The first-order valence-electron chi connectivity index (χ1n) is 5.64. The average molecular weight is 337 g/mol. The molecule has 0 spiro atoms. The zero-order valence-electron chi connectivity index (χ0n) is 10.1. The number of nitrogen functional groups attached to an aromatic ring is 1. The second kappa shape index (κ2) is 4.60. The first-order chi connectivity index (χ1) is 9.56. The van der Waals surface area contributed by atoms with E-state index in [1.54, 1.807) is 0 Å². The molecule has 1 aromatic carbocycles. The van der Waals surface area contributed by atoms with E-state index in [0.717, 1.165) is 14.8 Å². The molecule has 102 valence electrons. The highest BCUT2D eigenvalue weighted by atomic mass is 79.9. The summed E-state index contributed by atoms with van der Waals surface area (Å²) < 4.78 is 2.26. The van der Waals surface area contributed by atoms with Crippen LogP contribution in [0.4, 0.5) is 0 Å². The highest BCUT2D eigenvalue weighted by molar-refractivity contribution is 9.10. The molecule has 0 fully saturated rings. The number of nitrogens with zero attached hydrogens (tertiary/aromatic N) is 4. The summed E-state index contributed by atoms with van der Waals surface area (Å²) in [6.45, 7) is 0.200. The van der Waals surface area contributed by atoms with Crippen LogP contribution in [0.25, 0.3) is 0 Å². The Bertz CT molecular complexity index is 786. The summed E-state index contributed by atoms with van der Waals surface area (Å²) in [5.74, 6) is 4.71. The minimum Gasteiger partial charge on any atom is -0.854 e. The van der Waals surface area contributed by atoms with Gasteiger partial charge < -0.3 is 5.11 Å². The third kappa shape index (κ3) is 2.01. The minimum absolute atomic E-state index is 0.136. The van der Waals surface area contributed by atoms with Gasteiger partial charge in [0.15, 0.2) is 6.54 Å². The van der Waals surface area contributed by atoms with E-state index in [1.165, 1.54) is 4.68 Å². The Morgan fingerprint density at radius 3 is 2.75 bits per heavy atom. The Labute approximate surface area is 120 Å². The first kappa shape index (κ1) is 12.6. The van der Waals surface area contributed by atoms with E-state index in [1.807, 2.05) is 24.3 Å². The molecule has 3 N–H and O–H groups in total. The van der Waals surface area contributed by atoms with Crippen LogP contribution in [0, 0.1) is 0 Å². The van der Waals surface area contributed by atoms with Crippen molar-refractivity contribution in [3.05, 3.63) is 50.3 Å². The highest BCUT2D eigenvalue weighted by Gasteiger charge is 2.24. The van der Waals surface area contributed by atoms with Gasteiger partial charge in [-0.1, -0.05) is 33.3 Å². The summed E-state index contributed by atoms with van der Waals surface area (Å²) in [6.07, 6.45) is 0. The minimum atomic E-state index is -0.720. The maximum Gasteiger partial charge on any atom is 0.425 e.